The fourth-order valence-corrected chi connectivity index (χ4v) is 3.58. The van der Waals surface area contributed by atoms with E-state index in [0.29, 0.717) is 13.1 Å². The third-order valence-electron chi connectivity index (χ3n) is 3.46. The molecule has 0 radical (unpaired) electrons. The molecule has 3 heterocycles. The summed E-state index contributed by atoms with van der Waals surface area (Å²) >= 11 is 1.37. The van der Waals surface area contributed by atoms with Gasteiger partial charge in [-0.15, -0.1) is 0 Å². The van der Waals surface area contributed by atoms with E-state index in [1.165, 1.54) is 11.8 Å². The molecule has 18 heavy (non-hydrogen) atoms. The van der Waals surface area contributed by atoms with Crippen LogP contribution in [0.2, 0.25) is 0 Å². The lowest BCUT2D eigenvalue weighted by atomic mass is 9.99. The smallest absolute Gasteiger partial charge is 0.162 e. The largest absolute Gasteiger partial charge is 0.394 e. The molecule has 0 bridgehead atoms. The van der Waals surface area contributed by atoms with Crippen molar-refractivity contribution in [2.75, 3.05) is 19.7 Å². The summed E-state index contributed by atoms with van der Waals surface area (Å²) in [5, 5.41) is 38.8. The minimum Gasteiger partial charge on any atom is -0.394 e. The highest BCUT2D eigenvalue weighted by atomic mass is 32.2. The van der Waals surface area contributed by atoms with Crippen LogP contribution >= 0.6 is 11.8 Å². The SMILES string of the molecule is OCC1OC2SC(N3CC(O)C3)=NC2C(O)C1O. The lowest BCUT2D eigenvalue weighted by Crippen LogP contribution is -2.55. The summed E-state index contributed by atoms with van der Waals surface area (Å²) in [6, 6.07) is -0.513. The maximum atomic E-state index is 9.96. The maximum absolute atomic E-state index is 9.96. The Kier molecular flexibility index (Phi) is 3.25. The Labute approximate surface area is 108 Å². The molecule has 8 heteroatoms. The molecular formula is C10H16N2O5S. The number of aliphatic imine (C=N–C) groups is 1. The van der Waals surface area contributed by atoms with Crippen molar-refractivity contribution in [3.63, 3.8) is 0 Å². The average molecular weight is 276 g/mol. The zero-order valence-corrected chi connectivity index (χ0v) is 10.4. The van der Waals surface area contributed by atoms with Crippen molar-refractivity contribution in [2.24, 2.45) is 4.99 Å². The summed E-state index contributed by atoms with van der Waals surface area (Å²) in [5.74, 6) is 0. The van der Waals surface area contributed by atoms with Gasteiger partial charge in [-0.05, 0) is 0 Å². The Bertz CT molecular complexity index is 362. The van der Waals surface area contributed by atoms with Gasteiger partial charge in [-0.3, -0.25) is 4.99 Å². The molecule has 0 aromatic heterocycles. The summed E-state index contributed by atoms with van der Waals surface area (Å²) in [4.78, 5) is 6.25. The quantitative estimate of drug-likeness (QED) is 0.422. The van der Waals surface area contributed by atoms with Crippen molar-refractivity contribution in [1.82, 2.24) is 4.90 Å². The number of amidine groups is 1. The van der Waals surface area contributed by atoms with Crippen LogP contribution in [0.3, 0.4) is 0 Å². The fraction of sp³-hybridized carbons (Fsp3) is 0.900. The molecule has 102 valence electrons. The van der Waals surface area contributed by atoms with Crippen LogP contribution in [0, 0.1) is 0 Å². The molecule has 0 spiro atoms. The van der Waals surface area contributed by atoms with Gasteiger partial charge in [0.25, 0.3) is 0 Å². The van der Waals surface area contributed by atoms with Crippen LogP contribution in [0.5, 0.6) is 0 Å². The molecule has 7 nitrogen and oxygen atoms in total. The van der Waals surface area contributed by atoms with E-state index in [1.807, 2.05) is 4.90 Å². The second-order valence-electron chi connectivity index (χ2n) is 4.79. The number of hydrogen-bond acceptors (Lipinski definition) is 8. The van der Waals surface area contributed by atoms with Gasteiger partial charge in [0.1, 0.15) is 29.8 Å². The van der Waals surface area contributed by atoms with Gasteiger partial charge < -0.3 is 30.1 Å². The number of thioether (sulfide) groups is 1. The highest BCUT2D eigenvalue weighted by Crippen LogP contribution is 2.38. The normalized spacial score (nSPS) is 44.6. The highest BCUT2D eigenvalue weighted by molar-refractivity contribution is 8.14. The molecule has 0 amide bonds. The number of ether oxygens (including phenoxy) is 1. The maximum Gasteiger partial charge on any atom is 0.162 e. The molecule has 5 unspecified atom stereocenters. The Balaban J connectivity index is 1.71. The monoisotopic (exact) mass is 276 g/mol. The molecule has 0 saturated carbocycles. The van der Waals surface area contributed by atoms with Crippen molar-refractivity contribution in [3.05, 3.63) is 0 Å². The first-order chi connectivity index (χ1) is 8.60. The number of nitrogens with zero attached hydrogens (tertiary/aromatic N) is 2. The lowest BCUT2D eigenvalue weighted by Gasteiger charge is -2.38. The zero-order valence-electron chi connectivity index (χ0n) is 9.59. The summed E-state index contributed by atoms with van der Waals surface area (Å²) in [7, 11) is 0. The highest BCUT2D eigenvalue weighted by Gasteiger charge is 2.49. The van der Waals surface area contributed by atoms with Crippen LogP contribution in [0.15, 0.2) is 4.99 Å². The molecular weight excluding hydrogens is 260 g/mol. The van der Waals surface area contributed by atoms with E-state index in [-0.39, 0.29) is 18.1 Å². The van der Waals surface area contributed by atoms with Crippen LogP contribution in [0.4, 0.5) is 0 Å². The standard InChI is InChI=1S/C10H16N2O5S/c13-3-5-7(15)8(16)6-9(17-5)18-10(11-6)12-1-4(14)2-12/h4-9,13-16H,1-3H2. The van der Waals surface area contributed by atoms with Gasteiger partial charge in [0, 0.05) is 13.1 Å². The van der Waals surface area contributed by atoms with Crippen molar-refractivity contribution < 1.29 is 25.2 Å². The Morgan fingerprint density at radius 3 is 2.61 bits per heavy atom. The van der Waals surface area contributed by atoms with Gasteiger partial charge in [-0.2, -0.15) is 0 Å². The molecule has 0 aromatic rings. The third kappa shape index (κ3) is 1.93. The first kappa shape index (κ1) is 12.6. The first-order valence-corrected chi connectivity index (χ1v) is 6.78. The summed E-state index contributed by atoms with van der Waals surface area (Å²) < 4.78 is 5.52. The van der Waals surface area contributed by atoms with Gasteiger partial charge in [-0.1, -0.05) is 11.8 Å². The Morgan fingerprint density at radius 2 is 2.00 bits per heavy atom. The van der Waals surface area contributed by atoms with E-state index in [2.05, 4.69) is 4.99 Å². The van der Waals surface area contributed by atoms with Gasteiger partial charge >= 0.3 is 0 Å². The van der Waals surface area contributed by atoms with Gasteiger partial charge in [-0.25, -0.2) is 0 Å². The minimum atomic E-state index is -1.12. The van der Waals surface area contributed by atoms with E-state index in [0.717, 1.165) is 5.17 Å². The Hall–Kier alpha value is -0.380. The molecule has 3 rings (SSSR count). The van der Waals surface area contributed by atoms with Crippen LogP contribution in [0.25, 0.3) is 0 Å². The van der Waals surface area contributed by atoms with Gasteiger partial charge in [0.15, 0.2) is 5.17 Å². The number of rotatable bonds is 1. The summed E-state index contributed by atoms with van der Waals surface area (Å²) in [5.41, 5.74) is -0.381. The lowest BCUT2D eigenvalue weighted by molar-refractivity contribution is -0.164. The number of aliphatic hydroxyl groups is 4. The molecule has 2 fully saturated rings. The molecule has 0 aromatic carbocycles. The predicted octanol–water partition coefficient (Wildman–Crippen LogP) is -2.43. The van der Waals surface area contributed by atoms with Gasteiger partial charge in [0.2, 0.25) is 0 Å². The van der Waals surface area contributed by atoms with E-state index in [9.17, 15) is 15.3 Å². The van der Waals surface area contributed by atoms with Gasteiger partial charge in [0.05, 0.1) is 12.7 Å². The predicted molar refractivity (Wildman–Crippen MR) is 64.2 cm³/mol. The van der Waals surface area contributed by atoms with Crippen LogP contribution in [-0.4, -0.2) is 86.1 Å². The molecule has 4 N–H and O–H groups in total. The zero-order chi connectivity index (χ0) is 12.9. The average Bonchev–Trinajstić information content (AvgIpc) is 2.73. The molecule has 3 aliphatic rings. The number of likely N-dealkylation sites (tertiary alicyclic amines) is 1. The number of aliphatic hydroxyl groups excluding tert-OH is 4. The Morgan fingerprint density at radius 1 is 1.28 bits per heavy atom. The third-order valence-corrected chi connectivity index (χ3v) is 4.66. The minimum absolute atomic E-state index is 0.322. The topological polar surface area (TPSA) is 106 Å². The molecule has 2 saturated heterocycles. The van der Waals surface area contributed by atoms with E-state index < -0.39 is 24.4 Å². The summed E-state index contributed by atoms with van der Waals surface area (Å²) in [6.07, 6.45) is -3.25. The van der Waals surface area contributed by atoms with E-state index >= 15 is 0 Å². The number of β-amino-alcohol motifs (C(OH)–C–C–N with tert-alkyl or cyclic N) is 1. The second-order valence-corrected chi connectivity index (χ2v) is 5.85. The van der Waals surface area contributed by atoms with Crippen molar-refractivity contribution in [1.29, 1.82) is 0 Å². The second kappa shape index (κ2) is 4.62. The van der Waals surface area contributed by atoms with E-state index in [1.54, 1.807) is 0 Å². The first-order valence-electron chi connectivity index (χ1n) is 5.90. The van der Waals surface area contributed by atoms with Crippen molar-refractivity contribution in [2.45, 2.75) is 35.9 Å². The van der Waals surface area contributed by atoms with Crippen LogP contribution < -0.4 is 0 Å². The number of fused-ring (bicyclic) bond motifs is 1. The van der Waals surface area contributed by atoms with Crippen molar-refractivity contribution in [3.8, 4) is 0 Å². The van der Waals surface area contributed by atoms with Crippen molar-refractivity contribution >= 4 is 16.9 Å². The molecule has 3 aliphatic heterocycles. The number of hydrogen-bond donors (Lipinski definition) is 4. The summed E-state index contributed by atoms with van der Waals surface area (Å²) in [6.45, 7) is 0.737. The van der Waals surface area contributed by atoms with E-state index in [4.69, 9.17) is 9.84 Å². The van der Waals surface area contributed by atoms with Crippen LogP contribution in [0.1, 0.15) is 0 Å². The van der Waals surface area contributed by atoms with Crippen LogP contribution in [-0.2, 0) is 4.74 Å². The fourth-order valence-electron chi connectivity index (χ4n) is 2.33. The molecule has 0 aliphatic carbocycles. The molecule has 5 atom stereocenters.